The highest BCUT2D eigenvalue weighted by Crippen LogP contribution is 2.26. The van der Waals surface area contributed by atoms with Gasteiger partial charge in [-0.3, -0.25) is 9.59 Å². The normalized spacial score (nSPS) is 15.7. The lowest BCUT2D eigenvalue weighted by Gasteiger charge is -2.34. The van der Waals surface area contributed by atoms with Gasteiger partial charge in [0, 0.05) is 36.5 Å². The van der Waals surface area contributed by atoms with Crippen LogP contribution in [-0.4, -0.2) is 34.8 Å². The van der Waals surface area contributed by atoms with Crippen LogP contribution >= 0.6 is 0 Å². The van der Waals surface area contributed by atoms with Crippen molar-refractivity contribution < 1.29 is 9.59 Å². The first-order valence-electron chi connectivity index (χ1n) is 11.3. The van der Waals surface area contributed by atoms with E-state index in [0.717, 1.165) is 35.7 Å². The van der Waals surface area contributed by atoms with E-state index < -0.39 is 0 Å². The Bertz CT molecular complexity index is 1010. The smallest absolute Gasteiger partial charge is 0.270 e. The predicted molar refractivity (Wildman–Crippen MR) is 124 cm³/mol. The maximum Gasteiger partial charge on any atom is 0.270 e. The fourth-order valence-electron chi connectivity index (χ4n) is 4.42. The van der Waals surface area contributed by atoms with E-state index in [0.29, 0.717) is 31.2 Å². The first kappa shape index (κ1) is 21.2. The first-order chi connectivity index (χ1) is 15.0. The largest absolute Gasteiger partial charge is 0.352 e. The van der Waals surface area contributed by atoms with Crippen LogP contribution in [0.5, 0.6) is 0 Å². The van der Waals surface area contributed by atoms with Crippen molar-refractivity contribution in [1.29, 1.82) is 0 Å². The Hall–Kier alpha value is -3.08. The summed E-state index contributed by atoms with van der Waals surface area (Å²) in [6, 6.07) is 18.2. The van der Waals surface area contributed by atoms with Gasteiger partial charge in [0.1, 0.15) is 5.69 Å². The lowest BCUT2D eigenvalue weighted by molar-refractivity contribution is -0.126. The van der Waals surface area contributed by atoms with Crippen LogP contribution < -0.4 is 5.32 Å². The molecule has 0 bridgehead atoms. The molecule has 5 heteroatoms. The number of hydrogen-bond acceptors (Lipinski definition) is 2. The number of amides is 2. The van der Waals surface area contributed by atoms with Gasteiger partial charge in [0.2, 0.25) is 5.91 Å². The molecule has 0 unspecified atom stereocenters. The zero-order chi connectivity index (χ0) is 21.8. The fraction of sp³-hybridized carbons (Fsp3) is 0.385. The number of carbonyl (C=O) groups is 2. The summed E-state index contributed by atoms with van der Waals surface area (Å²) >= 11 is 0. The molecule has 1 aliphatic rings. The van der Waals surface area contributed by atoms with Crippen LogP contribution in [0.15, 0.2) is 54.6 Å². The van der Waals surface area contributed by atoms with E-state index >= 15 is 0 Å². The molecule has 1 fully saturated rings. The number of benzene rings is 2. The van der Waals surface area contributed by atoms with E-state index in [1.807, 2.05) is 42.2 Å². The molecule has 1 aromatic heterocycles. The standard InChI is InChI=1S/C26H31N3O2/c1-3-19-8-10-20(11-9-19)17-27-25(30)18(2)21-12-14-29(15-13-21)26(31)24-16-22-6-4-5-7-23(22)28-24/h4-11,16,18,21,28H,3,12-15,17H2,1-2H3,(H,27,30)/t18-/m0/s1. The first-order valence-corrected chi connectivity index (χ1v) is 11.3. The number of rotatable bonds is 6. The van der Waals surface area contributed by atoms with Gasteiger partial charge in [-0.25, -0.2) is 0 Å². The zero-order valence-corrected chi connectivity index (χ0v) is 18.4. The van der Waals surface area contributed by atoms with Crippen LogP contribution in [0, 0.1) is 11.8 Å². The van der Waals surface area contributed by atoms with Crippen molar-refractivity contribution in [2.75, 3.05) is 13.1 Å². The third kappa shape index (κ3) is 4.82. The quantitative estimate of drug-likeness (QED) is 0.619. The Labute approximate surface area is 183 Å². The minimum absolute atomic E-state index is 0.0438. The fourth-order valence-corrected chi connectivity index (χ4v) is 4.42. The summed E-state index contributed by atoms with van der Waals surface area (Å²) in [5.41, 5.74) is 4.04. The Balaban J connectivity index is 1.28. The highest BCUT2D eigenvalue weighted by Gasteiger charge is 2.30. The Morgan fingerprint density at radius 2 is 1.74 bits per heavy atom. The lowest BCUT2D eigenvalue weighted by Crippen LogP contribution is -2.42. The second-order valence-electron chi connectivity index (χ2n) is 8.58. The second kappa shape index (κ2) is 9.38. The molecule has 1 atom stereocenters. The molecule has 2 aromatic carbocycles. The number of piperidine rings is 1. The SMILES string of the molecule is CCc1ccc(CNC(=O)[C@@H](C)C2CCN(C(=O)c3cc4ccccc4[nH]3)CC2)cc1. The summed E-state index contributed by atoms with van der Waals surface area (Å²) < 4.78 is 0. The number of aromatic amines is 1. The van der Waals surface area contributed by atoms with Crippen molar-refractivity contribution in [1.82, 2.24) is 15.2 Å². The number of aromatic nitrogens is 1. The number of fused-ring (bicyclic) bond motifs is 1. The van der Waals surface area contributed by atoms with Gasteiger partial charge in [-0.05, 0) is 48.4 Å². The molecule has 0 spiro atoms. The van der Waals surface area contributed by atoms with Gasteiger partial charge in [-0.2, -0.15) is 0 Å². The molecule has 0 radical (unpaired) electrons. The van der Waals surface area contributed by atoms with E-state index in [4.69, 9.17) is 0 Å². The summed E-state index contributed by atoms with van der Waals surface area (Å²) in [6.07, 6.45) is 2.72. The summed E-state index contributed by atoms with van der Waals surface area (Å²) in [5, 5.41) is 4.14. The van der Waals surface area contributed by atoms with Crippen LogP contribution in [0.3, 0.4) is 0 Å². The zero-order valence-electron chi connectivity index (χ0n) is 18.4. The topological polar surface area (TPSA) is 65.2 Å². The predicted octanol–water partition coefficient (Wildman–Crippen LogP) is 4.54. The second-order valence-corrected chi connectivity index (χ2v) is 8.58. The average molecular weight is 418 g/mol. The Kier molecular flexibility index (Phi) is 6.40. The van der Waals surface area contributed by atoms with Gasteiger partial charge in [0.05, 0.1) is 0 Å². The van der Waals surface area contributed by atoms with Crippen molar-refractivity contribution in [2.24, 2.45) is 11.8 Å². The van der Waals surface area contributed by atoms with Crippen LogP contribution in [0.4, 0.5) is 0 Å². The minimum atomic E-state index is -0.0553. The van der Waals surface area contributed by atoms with Gasteiger partial charge in [-0.1, -0.05) is 56.3 Å². The van der Waals surface area contributed by atoms with Crippen molar-refractivity contribution in [3.05, 3.63) is 71.4 Å². The number of H-pyrrole nitrogens is 1. The summed E-state index contributed by atoms with van der Waals surface area (Å²) in [5.74, 6) is 0.386. The Morgan fingerprint density at radius 1 is 1.06 bits per heavy atom. The van der Waals surface area contributed by atoms with Crippen LogP contribution in [-0.2, 0) is 17.8 Å². The minimum Gasteiger partial charge on any atom is -0.352 e. The lowest BCUT2D eigenvalue weighted by atomic mass is 9.84. The highest BCUT2D eigenvalue weighted by atomic mass is 16.2. The molecule has 2 N–H and O–H groups in total. The molecule has 4 rings (SSSR count). The molecular formula is C26H31N3O2. The molecule has 31 heavy (non-hydrogen) atoms. The van der Waals surface area contributed by atoms with Gasteiger partial charge in [0.25, 0.3) is 5.91 Å². The summed E-state index contributed by atoms with van der Waals surface area (Å²) in [7, 11) is 0. The van der Waals surface area contributed by atoms with E-state index in [2.05, 4.69) is 41.5 Å². The molecule has 1 saturated heterocycles. The Morgan fingerprint density at radius 3 is 2.42 bits per heavy atom. The number of aryl methyl sites for hydroxylation is 1. The van der Waals surface area contributed by atoms with Crippen molar-refractivity contribution >= 4 is 22.7 Å². The van der Waals surface area contributed by atoms with E-state index in [-0.39, 0.29) is 17.7 Å². The molecule has 3 aromatic rings. The van der Waals surface area contributed by atoms with Gasteiger partial charge in [0.15, 0.2) is 0 Å². The number of likely N-dealkylation sites (tertiary alicyclic amines) is 1. The molecule has 0 saturated carbocycles. The summed E-state index contributed by atoms with van der Waals surface area (Å²) in [6.45, 7) is 6.09. The average Bonchev–Trinajstić information content (AvgIpc) is 3.26. The molecule has 5 nitrogen and oxygen atoms in total. The molecule has 2 heterocycles. The molecule has 1 aliphatic heterocycles. The molecule has 0 aliphatic carbocycles. The van der Waals surface area contributed by atoms with Crippen LogP contribution in [0.25, 0.3) is 10.9 Å². The van der Waals surface area contributed by atoms with Gasteiger partial charge >= 0.3 is 0 Å². The van der Waals surface area contributed by atoms with Crippen molar-refractivity contribution in [3.63, 3.8) is 0 Å². The maximum atomic E-state index is 12.9. The number of carbonyl (C=O) groups excluding carboxylic acids is 2. The van der Waals surface area contributed by atoms with E-state index in [1.165, 1.54) is 5.56 Å². The summed E-state index contributed by atoms with van der Waals surface area (Å²) in [4.78, 5) is 30.7. The molecular weight excluding hydrogens is 386 g/mol. The van der Waals surface area contributed by atoms with Crippen molar-refractivity contribution in [2.45, 2.75) is 39.7 Å². The van der Waals surface area contributed by atoms with Gasteiger partial charge < -0.3 is 15.2 Å². The number of nitrogens with one attached hydrogen (secondary N) is 2. The van der Waals surface area contributed by atoms with Crippen molar-refractivity contribution in [3.8, 4) is 0 Å². The maximum absolute atomic E-state index is 12.9. The number of para-hydroxylation sites is 1. The van der Waals surface area contributed by atoms with Crippen LogP contribution in [0.2, 0.25) is 0 Å². The third-order valence-electron chi connectivity index (χ3n) is 6.61. The van der Waals surface area contributed by atoms with Crippen LogP contribution in [0.1, 0.15) is 48.3 Å². The third-order valence-corrected chi connectivity index (χ3v) is 6.61. The van der Waals surface area contributed by atoms with E-state index in [1.54, 1.807) is 0 Å². The molecule has 2 amide bonds. The van der Waals surface area contributed by atoms with E-state index in [9.17, 15) is 9.59 Å². The highest BCUT2D eigenvalue weighted by molar-refractivity contribution is 5.98. The van der Waals surface area contributed by atoms with Gasteiger partial charge in [-0.15, -0.1) is 0 Å². The number of hydrogen-bond donors (Lipinski definition) is 2. The molecule has 162 valence electrons. The monoisotopic (exact) mass is 417 g/mol. The number of nitrogens with zero attached hydrogens (tertiary/aromatic N) is 1.